The van der Waals surface area contributed by atoms with E-state index in [0.29, 0.717) is 0 Å². The Balaban J connectivity index is 1.57. The predicted octanol–water partition coefficient (Wildman–Crippen LogP) is 5.92. The van der Waals surface area contributed by atoms with Gasteiger partial charge in [0.15, 0.2) is 11.5 Å². The van der Waals surface area contributed by atoms with Gasteiger partial charge in [-0.15, -0.1) is 0 Å². The number of hydrogen-bond donors (Lipinski definition) is 0. The fourth-order valence-corrected chi connectivity index (χ4v) is 4.17. The number of aromatic nitrogens is 3. The summed E-state index contributed by atoms with van der Waals surface area (Å²) in [4.78, 5) is 9.39. The summed E-state index contributed by atoms with van der Waals surface area (Å²) in [6.07, 6.45) is 10.7. The highest BCUT2D eigenvalue weighted by molar-refractivity contribution is 5.82. The van der Waals surface area contributed by atoms with Gasteiger partial charge in [0.1, 0.15) is 11.6 Å². The summed E-state index contributed by atoms with van der Waals surface area (Å²) in [5.74, 6) is 3.21. The van der Waals surface area contributed by atoms with Gasteiger partial charge < -0.3 is 9.47 Å². The van der Waals surface area contributed by atoms with E-state index in [0.717, 1.165) is 52.6 Å². The summed E-state index contributed by atoms with van der Waals surface area (Å²) in [5.41, 5.74) is 2.93. The van der Waals surface area contributed by atoms with E-state index in [2.05, 4.69) is 21.7 Å². The summed E-state index contributed by atoms with van der Waals surface area (Å²) in [7, 11) is 1.69. The predicted molar refractivity (Wildman–Crippen MR) is 124 cm³/mol. The highest BCUT2D eigenvalue weighted by Crippen LogP contribution is 2.36. The molecular formula is C26H25N3O2. The third kappa shape index (κ3) is 3.91. The molecule has 31 heavy (non-hydrogen) atoms. The molecule has 0 spiro atoms. The lowest BCUT2D eigenvalue weighted by Gasteiger charge is -2.18. The van der Waals surface area contributed by atoms with Gasteiger partial charge in [-0.2, -0.15) is 0 Å². The van der Waals surface area contributed by atoms with E-state index in [1.165, 1.54) is 12.8 Å². The van der Waals surface area contributed by atoms with Crippen LogP contribution in [0.25, 0.3) is 29.0 Å². The van der Waals surface area contributed by atoms with Crippen LogP contribution in [-0.2, 0) is 0 Å². The Morgan fingerprint density at radius 2 is 1.77 bits per heavy atom. The lowest BCUT2D eigenvalue weighted by Crippen LogP contribution is -2.12. The third-order valence-electron chi connectivity index (χ3n) is 5.69. The largest absolute Gasteiger partial charge is 0.493 e. The second-order valence-corrected chi connectivity index (χ2v) is 7.72. The molecule has 0 N–H and O–H groups in total. The van der Waals surface area contributed by atoms with Crippen LogP contribution < -0.4 is 9.47 Å². The second-order valence-electron chi connectivity index (χ2n) is 7.72. The van der Waals surface area contributed by atoms with E-state index in [-0.39, 0.29) is 6.10 Å². The molecule has 156 valence electrons. The first-order valence-corrected chi connectivity index (χ1v) is 10.7. The average molecular weight is 412 g/mol. The van der Waals surface area contributed by atoms with E-state index >= 15 is 0 Å². The standard InChI is InChI=1S/C26H25N3O2/c1-30-23-14-8-9-19(26(23)31-20-10-2-3-11-20)16-17-25-28-21-12-4-5-13-22(21)29(25)24-15-6-7-18-27-24/h4-9,12-18,20H,2-3,10-11H2,1H3. The highest BCUT2D eigenvalue weighted by atomic mass is 16.5. The van der Waals surface area contributed by atoms with Crippen LogP contribution in [-0.4, -0.2) is 27.7 Å². The smallest absolute Gasteiger partial charge is 0.168 e. The van der Waals surface area contributed by atoms with E-state index in [4.69, 9.17) is 14.5 Å². The van der Waals surface area contributed by atoms with Crippen LogP contribution in [0, 0.1) is 0 Å². The molecule has 0 atom stereocenters. The molecule has 4 aromatic rings. The number of benzene rings is 2. The van der Waals surface area contributed by atoms with Crippen LogP contribution in [0.5, 0.6) is 11.5 Å². The second kappa shape index (κ2) is 8.64. The lowest BCUT2D eigenvalue weighted by atomic mass is 10.1. The van der Waals surface area contributed by atoms with Gasteiger partial charge in [-0.25, -0.2) is 9.97 Å². The van der Waals surface area contributed by atoms with Gasteiger partial charge in [-0.1, -0.05) is 30.3 Å². The molecule has 0 bridgehead atoms. The lowest BCUT2D eigenvalue weighted by molar-refractivity contribution is 0.200. The summed E-state index contributed by atoms with van der Waals surface area (Å²) in [6, 6.07) is 20.0. The molecule has 0 radical (unpaired) electrons. The molecular weight excluding hydrogens is 386 g/mol. The van der Waals surface area contributed by atoms with Crippen molar-refractivity contribution in [2.24, 2.45) is 0 Å². The van der Waals surface area contributed by atoms with Crippen LogP contribution in [0.15, 0.2) is 66.9 Å². The first kappa shape index (κ1) is 19.4. The minimum Gasteiger partial charge on any atom is -0.493 e. The van der Waals surface area contributed by atoms with Gasteiger partial charge in [0.25, 0.3) is 0 Å². The Labute approximate surface area is 182 Å². The maximum absolute atomic E-state index is 6.37. The maximum atomic E-state index is 6.37. The number of hydrogen-bond acceptors (Lipinski definition) is 4. The Bertz CT molecular complexity index is 1210. The van der Waals surface area contributed by atoms with Gasteiger partial charge in [-0.3, -0.25) is 4.57 Å². The quantitative estimate of drug-likeness (QED) is 0.395. The summed E-state index contributed by atoms with van der Waals surface area (Å²) < 4.78 is 14.0. The average Bonchev–Trinajstić information content (AvgIpc) is 3.46. The van der Waals surface area contributed by atoms with Crippen molar-refractivity contribution in [3.05, 3.63) is 78.2 Å². The van der Waals surface area contributed by atoms with E-state index in [9.17, 15) is 0 Å². The van der Waals surface area contributed by atoms with Gasteiger partial charge in [0.2, 0.25) is 0 Å². The van der Waals surface area contributed by atoms with Crippen LogP contribution >= 0.6 is 0 Å². The minimum absolute atomic E-state index is 0.251. The Hall–Kier alpha value is -3.60. The fourth-order valence-electron chi connectivity index (χ4n) is 4.17. The van der Waals surface area contributed by atoms with Crippen molar-refractivity contribution in [3.63, 3.8) is 0 Å². The van der Waals surface area contributed by atoms with Crippen molar-refractivity contribution in [2.75, 3.05) is 7.11 Å². The van der Waals surface area contributed by atoms with Gasteiger partial charge in [0, 0.05) is 11.8 Å². The molecule has 2 heterocycles. The van der Waals surface area contributed by atoms with E-state index in [1.807, 2.05) is 60.7 Å². The zero-order chi connectivity index (χ0) is 21.0. The summed E-state index contributed by atoms with van der Waals surface area (Å²) >= 11 is 0. The number of methoxy groups -OCH3 is 1. The number of para-hydroxylation sites is 3. The number of nitrogens with zero attached hydrogens (tertiary/aromatic N) is 3. The maximum Gasteiger partial charge on any atom is 0.168 e. The molecule has 2 aromatic carbocycles. The van der Waals surface area contributed by atoms with Crippen molar-refractivity contribution in [3.8, 4) is 17.3 Å². The molecule has 2 aromatic heterocycles. The first-order chi connectivity index (χ1) is 15.3. The molecule has 1 aliphatic carbocycles. The Kier molecular flexibility index (Phi) is 5.40. The van der Waals surface area contributed by atoms with Crippen molar-refractivity contribution < 1.29 is 9.47 Å². The molecule has 5 rings (SSSR count). The molecule has 5 nitrogen and oxygen atoms in total. The van der Waals surface area contributed by atoms with E-state index in [1.54, 1.807) is 13.3 Å². The number of fused-ring (bicyclic) bond motifs is 1. The molecule has 1 fully saturated rings. The normalized spacial score (nSPS) is 14.5. The van der Waals surface area contributed by atoms with Gasteiger partial charge in [0.05, 0.1) is 24.2 Å². The van der Waals surface area contributed by atoms with Crippen LogP contribution in [0.4, 0.5) is 0 Å². The van der Waals surface area contributed by atoms with Crippen molar-refractivity contribution >= 4 is 23.2 Å². The zero-order valence-electron chi connectivity index (χ0n) is 17.6. The van der Waals surface area contributed by atoms with Crippen molar-refractivity contribution in [1.29, 1.82) is 0 Å². The van der Waals surface area contributed by atoms with Crippen LogP contribution in [0.3, 0.4) is 0 Å². The molecule has 1 saturated carbocycles. The molecule has 0 amide bonds. The molecule has 0 unspecified atom stereocenters. The fraction of sp³-hybridized carbons (Fsp3) is 0.231. The molecule has 0 saturated heterocycles. The van der Waals surface area contributed by atoms with Crippen molar-refractivity contribution in [1.82, 2.24) is 14.5 Å². The van der Waals surface area contributed by atoms with Gasteiger partial charge in [-0.05, 0) is 68.2 Å². The SMILES string of the molecule is COc1cccc(C=Cc2nc3ccccc3n2-c2ccccn2)c1OC1CCCC1. The van der Waals surface area contributed by atoms with Crippen molar-refractivity contribution in [2.45, 2.75) is 31.8 Å². The Morgan fingerprint density at radius 3 is 2.58 bits per heavy atom. The number of rotatable bonds is 6. The topological polar surface area (TPSA) is 49.2 Å². The molecule has 1 aliphatic rings. The monoisotopic (exact) mass is 411 g/mol. The number of imidazole rings is 1. The third-order valence-corrected chi connectivity index (χ3v) is 5.69. The van der Waals surface area contributed by atoms with Crippen LogP contribution in [0.1, 0.15) is 37.1 Å². The van der Waals surface area contributed by atoms with E-state index < -0.39 is 0 Å². The number of pyridine rings is 1. The first-order valence-electron chi connectivity index (χ1n) is 10.7. The van der Waals surface area contributed by atoms with Gasteiger partial charge >= 0.3 is 0 Å². The minimum atomic E-state index is 0.251. The molecule has 5 heteroatoms. The summed E-state index contributed by atoms with van der Waals surface area (Å²) in [6.45, 7) is 0. The number of ether oxygens (including phenoxy) is 2. The zero-order valence-corrected chi connectivity index (χ0v) is 17.6. The summed E-state index contributed by atoms with van der Waals surface area (Å²) in [5, 5.41) is 0. The van der Waals surface area contributed by atoms with Crippen LogP contribution in [0.2, 0.25) is 0 Å². The molecule has 0 aliphatic heterocycles. The Morgan fingerprint density at radius 1 is 0.935 bits per heavy atom. The highest BCUT2D eigenvalue weighted by Gasteiger charge is 2.20.